The molecule has 2 aromatic carbocycles. The Morgan fingerprint density at radius 1 is 1.10 bits per heavy atom. The van der Waals surface area contributed by atoms with E-state index in [0.29, 0.717) is 17.4 Å². The summed E-state index contributed by atoms with van der Waals surface area (Å²) in [5, 5.41) is 8.04. The molecule has 1 aromatic heterocycles. The average molecular weight is 279 g/mol. The van der Waals surface area contributed by atoms with Gasteiger partial charge in [0.15, 0.2) is 0 Å². The number of amides is 1. The molecule has 5 heteroatoms. The van der Waals surface area contributed by atoms with Crippen LogP contribution in [0.15, 0.2) is 53.3 Å². The first-order valence-corrected chi connectivity index (χ1v) is 6.50. The van der Waals surface area contributed by atoms with Crippen molar-refractivity contribution in [3.05, 3.63) is 75.7 Å². The van der Waals surface area contributed by atoms with Crippen LogP contribution in [0, 0.1) is 0 Å². The summed E-state index contributed by atoms with van der Waals surface area (Å²) in [6, 6.07) is 14.4. The van der Waals surface area contributed by atoms with Crippen LogP contribution >= 0.6 is 0 Å². The summed E-state index contributed by atoms with van der Waals surface area (Å²) in [4.78, 5) is 23.0. The van der Waals surface area contributed by atoms with Crippen molar-refractivity contribution in [3.63, 3.8) is 0 Å². The first-order valence-electron chi connectivity index (χ1n) is 6.50. The molecule has 3 aromatic rings. The molecule has 1 amide bonds. The molecule has 0 aliphatic rings. The minimum Gasteiger partial charge on any atom is -0.366 e. The summed E-state index contributed by atoms with van der Waals surface area (Å²) < 4.78 is 0. The first-order chi connectivity index (χ1) is 10.1. The van der Waals surface area contributed by atoms with Crippen LogP contribution in [-0.4, -0.2) is 16.1 Å². The van der Waals surface area contributed by atoms with E-state index in [1.807, 2.05) is 24.3 Å². The number of benzene rings is 2. The number of fused-ring (bicyclic) bond motifs is 1. The van der Waals surface area contributed by atoms with Crippen molar-refractivity contribution in [1.82, 2.24) is 10.2 Å². The fraction of sp³-hybridized carbons (Fsp3) is 0.0625. The molecule has 0 saturated heterocycles. The number of carbonyl (C=O) groups excluding carboxylic acids is 1. The average Bonchev–Trinajstić information content (AvgIpc) is 2.51. The Balaban J connectivity index is 2.06. The molecule has 104 valence electrons. The van der Waals surface area contributed by atoms with Crippen molar-refractivity contribution in [2.75, 3.05) is 0 Å². The van der Waals surface area contributed by atoms with Crippen molar-refractivity contribution >= 4 is 16.7 Å². The quantitative estimate of drug-likeness (QED) is 0.763. The van der Waals surface area contributed by atoms with Crippen LogP contribution in [-0.2, 0) is 6.42 Å². The molecule has 3 rings (SSSR count). The van der Waals surface area contributed by atoms with Gasteiger partial charge in [0.25, 0.3) is 5.56 Å². The standard InChI is InChI=1S/C16H13N3O2/c17-15(20)11-5-3-4-10(8-11)9-14-12-6-1-2-7-13(12)16(21)19-18-14/h1-8H,9H2,(H2,17,20)(H,19,21). The highest BCUT2D eigenvalue weighted by Crippen LogP contribution is 2.16. The summed E-state index contributed by atoms with van der Waals surface area (Å²) in [6.45, 7) is 0. The molecule has 0 unspecified atom stereocenters. The topological polar surface area (TPSA) is 88.8 Å². The van der Waals surface area contributed by atoms with Crippen LogP contribution in [0.2, 0.25) is 0 Å². The molecular formula is C16H13N3O2. The molecule has 21 heavy (non-hydrogen) atoms. The fourth-order valence-corrected chi connectivity index (χ4v) is 2.33. The zero-order valence-corrected chi connectivity index (χ0v) is 11.2. The van der Waals surface area contributed by atoms with Gasteiger partial charge in [-0.15, -0.1) is 0 Å². The van der Waals surface area contributed by atoms with E-state index in [1.54, 1.807) is 24.3 Å². The third-order valence-corrected chi connectivity index (χ3v) is 3.36. The number of nitrogens with zero attached hydrogens (tertiary/aromatic N) is 1. The van der Waals surface area contributed by atoms with Crippen LogP contribution in [0.25, 0.3) is 10.8 Å². The SMILES string of the molecule is NC(=O)c1cccc(Cc2n[nH]c(=O)c3ccccc23)c1. The van der Waals surface area contributed by atoms with Gasteiger partial charge in [-0.3, -0.25) is 9.59 Å². The summed E-state index contributed by atoms with van der Waals surface area (Å²) in [5.74, 6) is -0.462. The maximum atomic E-state index is 11.7. The molecule has 1 heterocycles. The van der Waals surface area contributed by atoms with Crippen molar-refractivity contribution in [1.29, 1.82) is 0 Å². The summed E-state index contributed by atoms with van der Waals surface area (Å²) in [5.41, 5.74) is 7.21. The number of H-pyrrole nitrogens is 1. The van der Waals surface area contributed by atoms with Gasteiger partial charge in [0.2, 0.25) is 5.91 Å². The summed E-state index contributed by atoms with van der Waals surface area (Å²) in [6.07, 6.45) is 0.512. The van der Waals surface area contributed by atoms with Crippen molar-refractivity contribution in [2.24, 2.45) is 5.73 Å². The van der Waals surface area contributed by atoms with Gasteiger partial charge in [-0.25, -0.2) is 5.10 Å². The van der Waals surface area contributed by atoms with Crippen LogP contribution in [0.1, 0.15) is 21.6 Å². The Labute approximate surface area is 120 Å². The van der Waals surface area contributed by atoms with Gasteiger partial charge in [0, 0.05) is 17.4 Å². The van der Waals surface area contributed by atoms with Crippen LogP contribution in [0.4, 0.5) is 0 Å². The Morgan fingerprint density at radius 2 is 1.86 bits per heavy atom. The van der Waals surface area contributed by atoms with Gasteiger partial charge in [0.1, 0.15) is 0 Å². The van der Waals surface area contributed by atoms with Crippen LogP contribution in [0.3, 0.4) is 0 Å². The molecule has 5 nitrogen and oxygen atoms in total. The number of nitrogens with two attached hydrogens (primary N) is 1. The lowest BCUT2D eigenvalue weighted by atomic mass is 10.0. The summed E-state index contributed by atoms with van der Waals surface area (Å²) >= 11 is 0. The number of carbonyl (C=O) groups is 1. The molecule has 0 spiro atoms. The van der Waals surface area contributed by atoms with Crippen LogP contribution in [0.5, 0.6) is 0 Å². The highest BCUT2D eigenvalue weighted by atomic mass is 16.1. The Morgan fingerprint density at radius 3 is 2.62 bits per heavy atom. The van der Waals surface area contributed by atoms with Crippen molar-refractivity contribution in [3.8, 4) is 0 Å². The Kier molecular flexibility index (Phi) is 3.23. The second-order valence-electron chi connectivity index (χ2n) is 4.79. The van der Waals surface area contributed by atoms with Crippen molar-refractivity contribution < 1.29 is 4.79 Å². The number of hydrogen-bond donors (Lipinski definition) is 2. The monoisotopic (exact) mass is 279 g/mol. The number of hydrogen-bond acceptors (Lipinski definition) is 3. The van der Waals surface area contributed by atoms with E-state index in [2.05, 4.69) is 10.2 Å². The number of primary amides is 1. The first kappa shape index (κ1) is 13.1. The van der Waals surface area contributed by atoms with E-state index in [9.17, 15) is 9.59 Å². The molecule has 0 bridgehead atoms. The number of aromatic amines is 1. The maximum absolute atomic E-state index is 11.7. The van der Waals surface area contributed by atoms with E-state index in [1.165, 1.54) is 0 Å². The predicted molar refractivity (Wildman–Crippen MR) is 80.1 cm³/mol. The zero-order chi connectivity index (χ0) is 14.8. The molecule has 0 radical (unpaired) electrons. The van der Waals surface area contributed by atoms with Gasteiger partial charge in [-0.2, -0.15) is 5.10 Å². The lowest BCUT2D eigenvalue weighted by molar-refractivity contribution is 0.1000. The third kappa shape index (κ3) is 2.53. The second kappa shape index (κ2) is 5.20. The second-order valence-corrected chi connectivity index (χ2v) is 4.79. The molecule has 0 aliphatic heterocycles. The smallest absolute Gasteiger partial charge is 0.272 e. The predicted octanol–water partition coefficient (Wildman–Crippen LogP) is 1.61. The maximum Gasteiger partial charge on any atom is 0.272 e. The van der Waals surface area contributed by atoms with Crippen molar-refractivity contribution in [2.45, 2.75) is 6.42 Å². The van der Waals surface area contributed by atoms with E-state index in [0.717, 1.165) is 16.6 Å². The van der Waals surface area contributed by atoms with E-state index in [-0.39, 0.29) is 5.56 Å². The number of aromatic nitrogens is 2. The molecule has 0 aliphatic carbocycles. The molecular weight excluding hydrogens is 266 g/mol. The minimum absolute atomic E-state index is 0.208. The molecule has 0 saturated carbocycles. The third-order valence-electron chi connectivity index (χ3n) is 3.36. The Bertz CT molecular complexity index is 884. The highest BCUT2D eigenvalue weighted by molar-refractivity contribution is 5.93. The van der Waals surface area contributed by atoms with Gasteiger partial charge in [0.05, 0.1) is 11.1 Å². The minimum atomic E-state index is -0.462. The lowest BCUT2D eigenvalue weighted by Crippen LogP contribution is -2.12. The Hall–Kier alpha value is -2.95. The largest absolute Gasteiger partial charge is 0.366 e. The van der Waals surface area contributed by atoms with E-state index >= 15 is 0 Å². The normalized spacial score (nSPS) is 10.7. The molecule has 0 atom stereocenters. The lowest BCUT2D eigenvalue weighted by Gasteiger charge is -2.06. The van der Waals surface area contributed by atoms with Gasteiger partial charge in [-0.05, 0) is 23.8 Å². The van der Waals surface area contributed by atoms with E-state index < -0.39 is 5.91 Å². The molecule has 0 fully saturated rings. The number of nitrogens with one attached hydrogen (secondary N) is 1. The number of rotatable bonds is 3. The van der Waals surface area contributed by atoms with Gasteiger partial charge >= 0.3 is 0 Å². The highest BCUT2D eigenvalue weighted by Gasteiger charge is 2.08. The summed E-state index contributed by atoms with van der Waals surface area (Å²) in [7, 11) is 0. The van der Waals surface area contributed by atoms with E-state index in [4.69, 9.17) is 5.73 Å². The van der Waals surface area contributed by atoms with Gasteiger partial charge in [-0.1, -0.05) is 30.3 Å². The fourth-order valence-electron chi connectivity index (χ4n) is 2.33. The van der Waals surface area contributed by atoms with Gasteiger partial charge < -0.3 is 5.73 Å². The van der Waals surface area contributed by atoms with Crippen LogP contribution < -0.4 is 11.3 Å². The zero-order valence-electron chi connectivity index (χ0n) is 11.2. The molecule has 3 N–H and O–H groups in total.